The first-order valence-corrected chi connectivity index (χ1v) is 6.78. The monoisotopic (exact) mass is 272 g/mol. The van der Waals surface area contributed by atoms with E-state index in [1.54, 1.807) is 12.4 Å². The summed E-state index contributed by atoms with van der Waals surface area (Å²) in [5.74, 6) is 0.0139. The molecule has 2 aromatic carbocycles. The Bertz CT molecular complexity index is 969. The first-order valence-electron chi connectivity index (χ1n) is 6.78. The van der Waals surface area contributed by atoms with E-state index in [2.05, 4.69) is 9.97 Å². The van der Waals surface area contributed by atoms with Gasteiger partial charge in [-0.15, -0.1) is 0 Å². The van der Waals surface area contributed by atoms with Gasteiger partial charge in [0.1, 0.15) is 5.65 Å². The van der Waals surface area contributed by atoms with Gasteiger partial charge in [-0.1, -0.05) is 36.4 Å². The van der Waals surface area contributed by atoms with E-state index in [1.807, 2.05) is 54.6 Å². The van der Waals surface area contributed by atoms with Crippen LogP contribution in [0.1, 0.15) is 15.9 Å². The largest absolute Gasteiger partial charge is 0.345 e. The Balaban J connectivity index is 1.86. The van der Waals surface area contributed by atoms with Crippen LogP contribution in [-0.2, 0) is 0 Å². The van der Waals surface area contributed by atoms with Gasteiger partial charge in [0, 0.05) is 28.9 Å². The molecule has 0 spiro atoms. The van der Waals surface area contributed by atoms with E-state index >= 15 is 0 Å². The van der Waals surface area contributed by atoms with Crippen LogP contribution in [0.4, 0.5) is 0 Å². The van der Waals surface area contributed by atoms with E-state index in [0.717, 1.165) is 21.8 Å². The minimum Gasteiger partial charge on any atom is -0.345 e. The van der Waals surface area contributed by atoms with Crippen molar-refractivity contribution in [3.8, 4) is 0 Å². The quantitative estimate of drug-likeness (QED) is 0.562. The van der Waals surface area contributed by atoms with Crippen molar-refractivity contribution in [1.82, 2.24) is 9.97 Å². The molecule has 0 aliphatic rings. The van der Waals surface area contributed by atoms with Crippen LogP contribution in [-0.4, -0.2) is 15.8 Å². The van der Waals surface area contributed by atoms with Gasteiger partial charge >= 0.3 is 0 Å². The molecule has 0 bridgehead atoms. The molecule has 0 saturated carbocycles. The molecule has 4 aromatic rings. The van der Waals surface area contributed by atoms with Gasteiger partial charge in [-0.25, -0.2) is 4.98 Å². The molecule has 0 amide bonds. The number of hydrogen-bond acceptors (Lipinski definition) is 2. The van der Waals surface area contributed by atoms with E-state index in [9.17, 15) is 4.79 Å². The summed E-state index contributed by atoms with van der Waals surface area (Å²) in [6.45, 7) is 0. The number of carbonyl (C=O) groups excluding carboxylic acids is 1. The number of rotatable bonds is 2. The molecule has 0 unspecified atom stereocenters. The molecular weight excluding hydrogens is 260 g/mol. The second kappa shape index (κ2) is 4.56. The molecular formula is C18H12N2O. The van der Waals surface area contributed by atoms with Gasteiger partial charge in [0.2, 0.25) is 0 Å². The van der Waals surface area contributed by atoms with Crippen molar-refractivity contribution in [2.45, 2.75) is 0 Å². The predicted octanol–water partition coefficient (Wildman–Crippen LogP) is 3.95. The summed E-state index contributed by atoms with van der Waals surface area (Å²) in [5.41, 5.74) is 2.09. The number of ketones is 1. The first-order chi connectivity index (χ1) is 10.3. The van der Waals surface area contributed by atoms with Gasteiger partial charge in [-0.2, -0.15) is 0 Å². The molecule has 0 aliphatic carbocycles. The van der Waals surface area contributed by atoms with Crippen LogP contribution < -0.4 is 0 Å². The van der Waals surface area contributed by atoms with E-state index in [4.69, 9.17) is 0 Å². The minimum absolute atomic E-state index is 0.0139. The van der Waals surface area contributed by atoms with Gasteiger partial charge in [0.05, 0.1) is 0 Å². The summed E-state index contributed by atoms with van der Waals surface area (Å²) in [4.78, 5) is 20.0. The SMILES string of the molecule is O=C(c1ccc2ccccc2c1)c1c[nH]c2ncccc12. The summed E-state index contributed by atoms with van der Waals surface area (Å²) >= 11 is 0. The van der Waals surface area contributed by atoms with Gasteiger partial charge in [0.25, 0.3) is 0 Å². The smallest absolute Gasteiger partial charge is 0.195 e. The highest BCUT2D eigenvalue weighted by atomic mass is 16.1. The lowest BCUT2D eigenvalue weighted by atomic mass is 10.00. The van der Waals surface area contributed by atoms with Crippen LogP contribution >= 0.6 is 0 Å². The maximum Gasteiger partial charge on any atom is 0.195 e. The number of hydrogen-bond donors (Lipinski definition) is 1. The summed E-state index contributed by atoms with van der Waals surface area (Å²) in [6, 6.07) is 17.6. The highest BCUT2D eigenvalue weighted by molar-refractivity contribution is 6.16. The number of carbonyl (C=O) groups is 1. The van der Waals surface area contributed by atoms with Gasteiger partial charge < -0.3 is 4.98 Å². The molecule has 4 rings (SSSR count). The molecule has 0 aliphatic heterocycles. The normalized spacial score (nSPS) is 11.0. The van der Waals surface area contributed by atoms with Crippen LogP contribution in [0.15, 0.2) is 67.0 Å². The van der Waals surface area contributed by atoms with Crippen LogP contribution in [0.5, 0.6) is 0 Å². The topological polar surface area (TPSA) is 45.8 Å². The van der Waals surface area contributed by atoms with Crippen molar-refractivity contribution < 1.29 is 4.79 Å². The summed E-state index contributed by atoms with van der Waals surface area (Å²) in [5, 5.41) is 3.06. The Labute approximate surface area is 121 Å². The Morgan fingerprint density at radius 3 is 2.71 bits per heavy atom. The zero-order chi connectivity index (χ0) is 14.2. The zero-order valence-corrected chi connectivity index (χ0v) is 11.2. The lowest BCUT2D eigenvalue weighted by Crippen LogP contribution is -2.00. The van der Waals surface area contributed by atoms with Gasteiger partial charge in [-0.3, -0.25) is 4.79 Å². The number of nitrogens with zero attached hydrogens (tertiary/aromatic N) is 1. The predicted molar refractivity (Wildman–Crippen MR) is 83.5 cm³/mol. The number of aromatic nitrogens is 2. The van der Waals surface area contributed by atoms with Crippen LogP contribution in [0.3, 0.4) is 0 Å². The maximum absolute atomic E-state index is 12.7. The average molecular weight is 272 g/mol. The Hall–Kier alpha value is -2.94. The standard InChI is InChI=1S/C18H12N2O/c21-17(16-11-20-18-15(16)6-3-9-19-18)14-8-7-12-4-1-2-5-13(12)10-14/h1-11H,(H,19,20). The van der Waals surface area contributed by atoms with Crippen molar-refractivity contribution in [3.63, 3.8) is 0 Å². The number of nitrogens with one attached hydrogen (secondary N) is 1. The molecule has 3 nitrogen and oxygen atoms in total. The second-order valence-electron chi connectivity index (χ2n) is 4.99. The van der Waals surface area contributed by atoms with E-state index in [1.165, 1.54) is 0 Å². The second-order valence-corrected chi connectivity index (χ2v) is 4.99. The van der Waals surface area contributed by atoms with E-state index < -0.39 is 0 Å². The van der Waals surface area contributed by atoms with Crippen LogP contribution in [0, 0.1) is 0 Å². The molecule has 100 valence electrons. The zero-order valence-electron chi connectivity index (χ0n) is 11.2. The summed E-state index contributed by atoms with van der Waals surface area (Å²) < 4.78 is 0. The summed E-state index contributed by atoms with van der Waals surface area (Å²) in [6.07, 6.45) is 3.44. The van der Waals surface area contributed by atoms with Crippen molar-refractivity contribution in [1.29, 1.82) is 0 Å². The number of H-pyrrole nitrogens is 1. The fourth-order valence-corrected chi connectivity index (χ4v) is 2.63. The molecule has 21 heavy (non-hydrogen) atoms. The molecule has 2 heterocycles. The average Bonchev–Trinajstić information content (AvgIpc) is 2.98. The molecule has 2 aromatic heterocycles. The number of fused-ring (bicyclic) bond motifs is 2. The number of pyridine rings is 1. The molecule has 1 N–H and O–H groups in total. The van der Waals surface area contributed by atoms with Crippen molar-refractivity contribution in [3.05, 3.63) is 78.1 Å². The maximum atomic E-state index is 12.7. The third-order valence-electron chi connectivity index (χ3n) is 3.71. The molecule has 0 atom stereocenters. The summed E-state index contributed by atoms with van der Waals surface area (Å²) in [7, 11) is 0. The third kappa shape index (κ3) is 1.91. The Morgan fingerprint density at radius 1 is 0.952 bits per heavy atom. The Morgan fingerprint density at radius 2 is 1.81 bits per heavy atom. The fraction of sp³-hybridized carbons (Fsp3) is 0. The van der Waals surface area contributed by atoms with Crippen molar-refractivity contribution in [2.75, 3.05) is 0 Å². The molecule has 0 radical (unpaired) electrons. The van der Waals surface area contributed by atoms with Crippen LogP contribution in [0.25, 0.3) is 21.8 Å². The molecule has 0 fully saturated rings. The lowest BCUT2D eigenvalue weighted by Gasteiger charge is -2.02. The first kappa shape index (κ1) is 11.9. The number of aromatic amines is 1. The van der Waals surface area contributed by atoms with Gasteiger partial charge in [0.15, 0.2) is 5.78 Å². The highest BCUT2D eigenvalue weighted by Crippen LogP contribution is 2.22. The fourth-order valence-electron chi connectivity index (χ4n) is 2.63. The molecule has 0 saturated heterocycles. The van der Waals surface area contributed by atoms with Crippen molar-refractivity contribution in [2.24, 2.45) is 0 Å². The Kier molecular flexibility index (Phi) is 2.57. The van der Waals surface area contributed by atoms with Crippen molar-refractivity contribution >= 4 is 27.6 Å². The van der Waals surface area contributed by atoms with E-state index in [0.29, 0.717) is 11.1 Å². The number of benzene rings is 2. The molecule has 3 heteroatoms. The highest BCUT2D eigenvalue weighted by Gasteiger charge is 2.14. The van der Waals surface area contributed by atoms with Gasteiger partial charge in [-0.05, 0) is 29.0 Å². The third-order valence-corrected chi connectivity index (χ3v) is 3.71. The minimum atomic E-state index is 0.0139. The lowest BCUT2D eigenvalue weighted by molar-refractivity contribution is 0.104. The van der Waals surface area contributed by atoms with Crippen LogP contribution in [0.2, 0.25) is 0 Å². The van der Waals surface area contributed by atoms with E-state index in [-0.39, 0.29) is 5.78 Å².